The molecule has 2 bridgehead atoms. The predicted molar refractivity (Wildman–Crippen MR) is 196 cm³/mol. The Kier molecular flexibility index (Phi) is 11.1. The van der Waals surface area contributed by atoms with Crippen molar-refractivity contribution in [3.05, 3.63) is 53.3 Å². The number of aliphatic hydroxyl groups excluding tert-OH is 1. The fourth-order valence-electron chi connectivity index (χ4n) is 8.77. The molecule has 3 aliphatic carbocycles. The quantitative estimate of drug-likeness (QED) is 0.171. The molecule has 12 heteroatoms. The molecule has 0 unspecified atom stereocenters. The molecule has 10 nitrogen and oxygen atoms in total. The Morgan fingerprint density at radius 2 is 1.94 bits per heavy atom. The molecule has 3 N–H and O–H groups in total. The number of aliphatic hydroxyl groups is 1. The third-order valence-corrected chi connectivity index (χ3v) is 13.9. The summed E-state index contributed by atoms with van der Waals surface area (Å²) in [4.78, 5) is 40.0. The fourth-order valence-corrected chi connectivity index (χ4v) is 9.79. The molecule has 0 aliphatic heterocycles. The summed E-state index contributed by atoms with van der Waals surface area (Å²) in [5.41, 5.74) is 0.128. The van der Waals surface area contributed by atoms with Gasteiger partial charge >= 0.3 is 5.97 Å². The molecule has 2 aromatic rings. The van der Waals surface area contributed by atoms with Crippen LogP contribution in [0.15, 0.2) is 47.6 Å². The standard InChI is InChI=1S/C37H52BrN5O5S/c1-8-35(6)17-29(36(7)23(2)13-15-37(24(3)33(35)47)16-14-28(44)32(36)37)48-31(46)21-49-34(4,5)22-40-30(45)20-43-19-27(41-42-43)18-39-26-11-9-25(38)10-12-26/h8-12,19,23-24,29,32-33,39,47H,1,13-18,20-22H2,2-7H3,(H,40,45)/t23-,24+,29-,32+,33+,35-,36+,37+/m1/s1. The molecule has 0 saturated heterocycles. The number of aromatic nitrogens is 3. The van der Waals surface area contributed by atoms with E-state index in [-0.39, 0.29) is 53.1 Å². The number of ether oxygens (including phenoxy) is 1. The van der Waals surface area contributed by atoms with E-state index in [1.807, 2.05) is 51.1 Å². The van der Waals surface area contributed by atoms with Crippen molar-refractivity contribution in [3.63, 3.8) is 0 Å². The van der Waals surface area contributed by atoms with Crippen molar-refractivity contribution in [2.45, 2.75) is 104 Å². The minimum Gasteiger partial charge on any atom is -0.461 e. The Morgan fingerprint density at radius 1 is 1.22 bits per heavy atom. The number of esters is 1. The van der Waals surface area contributed by atoms with E-state index in [1.165, 1.54) is 16.4 Å². The van der Waals surface area contributed by atoms with Crippen molar-refractivity contribution >= 4 is 51.0 Å². The number of thioether (sulfide) groups is 1. The van der Waals surface area contributed by atoms with Gasteiger partial charge in [0, 0.05) is 44.6 Å². The van der Waals surface area contributed by atoms with E-state index in [9.17, 15) is 19.5 Å². The van der Waals surface area contributed by atoms with E-state index in [0.717, 1.165) is 29.4 Å². The van der Waals surface area contributed by atoms with E-state index >= 15 is 0 Å². The smallest absolute Gasteiger partial charge is 0.316 e. The Balaban J connectivity index is 1.17. The van der Waals surface area contributed by atoms with Crippen molar-refractivity contribution in [1.82, 2.24) is 20.3 Å². The monoisotopic (exact) mass is 757 g/mol. The highest BCUT2D eigenvalue weighted by Crippen LogP contribution is 2.68. The third kappa shape index (κ3) is 7.66. The first-order chi connectivity index (χ1) is 23.0. The Labute approximate surface area is 303 Å². The maximum atomic E-state index is 13.6. The molecule has 0 spiro atoms. The third-order valence-electron chi connectivity index (χ3n) is 12.1. The molecule has 1 aromatic heterocycles. The van der Waals surface area contributed by atoms with Gasteiger partial charge in [0.2, 0.25) is 5.91 Å². The normalized spacial score (nSPS) is 32.8. The summed E-state index contributed by atoms with van der Waals surface area (Å²) in [7, 11) is 0. The lowest BCUT2D eigenvalue weighted by atomic mass is 9.44. The lowest BCUT2D eigenvalue weighted by Crippen LogP contribution is -2.63. The number of halogens is 1. The van der Waals surface area contributed by atoms with E-state index < -0.39 is 27.8 Å². The largest absolute Gasteiger partial charge is 0.461 e. The fraction of sp³-hybridized carbons (Fsp3) is 0.649. The van der Waals surface area contributed by atoms with E-state index in [1.54, 1.807) is 6.20 Å². The summed E-state index contributed by atoms with van der Waals surface area (Å²) in [5.74, 6) is -0.395. The predicted octanol–water partition coefficient (Wildman–Crippen LogP) is 6.19. The summed E-state index contributed by atoms with van der Waals surface area (Å²) in [5, 5.41) is 26.2. The van der Waals surface area contributed by atoms with E-state index in [2.05, 4.69) is 64.2 Å². The van der Waals surface area contributed by atoms with Crippen LogP contribution in [-0.4, -0.2) is 67.0 Å². The molecular formula is C37H52BrN5O5S. The molecule has 268 valence electrons. The number of nitrogens with zero attached hydrogens (tertiary/aromatic N) is 3. The van der Waals surface area contributed by atoms with Crippen molar-refractivity contribution in [2.24, 2.45) is 34.0 Å². The van der Waals surface area contributed by atoms with E-state index in [0.29, 0.717) is 31.6 Å². The second-order valence-corrected chi connectivity index (χ2v) is 18.3. The molecule has 3 fully saturated rings. The van der Waals surface area contributed by atoms with Crippen molar-refractivity contribution in [1.29, 1.82) is 0 Å². The first-order valence-electron chi connectivity index (χ1n) is 17.4. The van der Waals surface area contributed by atoms with Gasteiger partial charge in [-0.15, -0.1) is 23.4 Å². The zero-order valence-electron chi connectivity index (χ0n) is 29.6. The molecule has 3 aliphatic rings. The van der Waals surface area contributed by atoms with Crippen LogP contribution in [0.25, 0.3) is 0 Å². The second-order valence-electron chi connectivity index (χ2n) is 15.7. The number of carbonyl (C=O) groups is 3. The first-order valence-corrected chi connectivity index (χ1v) is 19.1. The van der Waals surface area contributed by atoms with Gasteiger partial charge in [-0.2, -0.15) is 0 Å². The van der Waals surface area contributed by atoms with Crippen LogP contribution in [0, 0.1) is 34.0 Å². The van der Waals surface area contributed by atoms with Crippen LogP contribution in [0.4, 0.5) is 5.69 Å². The second kappa shape index (κ2) is 14.5. The number of hydrogen-bond donors (Lipinski definition) is 3. The summed E-state index contributed by atoms with van der Waals surface area (Å²) in [6.45, 7) is 17.3. The molecule has 8 atom stereocenters. The van der Waals surface area contributed by atoms with E-state index in [4.69, 9.17) is 4.74 Å². The highest BCUT2D eigenvalue weighted by molar-refractivity contribution is 9.10. The highest BCUT2D eigenvalue weighted by Gasteiger charge is 2.68. The molecule has 5 rings (SSSR count). The Morgan fingerprint density at radius 3 is 2.63 bits per heavy atom. The van der Waals surface area contributed by atoms with Gasteiger partial charge < -0.3 is 20.5 Å². The van der Waals surface area contributed by atoms with Gasteiger partial charge in [0.1, 0.15) is 24.1 Å². The zero-order chi connectivity index (χ0) is 35.8. The molecule has 1 aromatic carbocycles. The van der Waals surface area contributed by atoms with Crippen LogP contribution >= 0.6 is 27.7 Å². The summed E-state index contributed by atoms with van der Waals surface area (Å²) in [6.07, 6.45) is 5.80. The Bertz CT molecular complexity index is 1550. The number of rotatable bonds is 12. The molecular weight excluding hydrogens is 706 g/mol. The zero-order valence-corrected chi connectivity index (χ0v) is 32.0. The topological polar surface area (TPSA) is 135 Å². The molecule has 1 heterocycles. The lowest BCUT2D eigenvalue weighted by Gasteiger charge is -2.61. The number of benzene rings is 1. The highest BCUT2D eigenvalue weighted by atomic mass is 79.9. The van der Waals surface area contributed by atoms with Gasteiger partial charge in [-0.3, -0.25) is 14.4 Å². The van der Waals surface area contributed by atoms with Gasteiger partial charge in [-0.1, -0.05) is 54.9 Å². The molecule has 49 heavy (non-hydrogen) atoms. The number of ketones is 1. The summed E-state index contributed by atoms with van der Waals surface area (Å²) >= 11 is 4.85. The average Bonchev–Trinajstić information content (AvgIpc) is 3.67. The van der Waals surface area contributed by atoms with Gasteiger partial charge in [0.15, 0.2) is 0 Å². The SMILES string of the molecule is C=C[C@]1(C)C[C@@H](OC(=O)CSC(C)(C)CNC(=O)Cn2cc(CNc3ccc(Br)cc3)nn2)[C@]2(C)[C@H](C)CC[C@]3(CCC(=O)[C@H]32)[C@@H](C)[C@@H]1O. The van der Waals surface area contributed by atoms with Gasteiger partial charge in [0.25, 0.3) is 0 Å². The number of hydrogen-bond acceptors (Lipinski definition) is 9. The van der Waals surface area contributed by atoms with Crippen LogP contribution in [0.1, 0.15) is 79.3 Å². The van der Waals surface area contributed by atoms with Crippen LogP contribution in [0.3, 0.4) is 0 Å². The van der Waals surface area contributed by atoms with Crippen LogP contribution in [0.2, 0.25) is 0 Å². The summed E-state index contributed by atoms with van der Waals surface area (Å²) < 4.78 is 8.44. The number of anilines is 1. The number of nitrogens with one attached hydrogen (secondary N) is 2. The lowest BCUT2D eigenvalue weighted by molar-refractivity contribution is -0.205. The first kappa shape index (κ1) is 37.6. The number of Topliss-reactive ketones (excluding diaryl/α,β-unsaturated/α-hetero) is 1. The minimum absolute atomic E-state index is 0.0282. The van der Waals surface area contributed by atoms with Crippen molar-refractivity contribution < 1.29 is 24.2 Å². The van der Waals surface area contributed by atoms with Gasteiger partial charge in [-0.25, -0.2) is 4.68 Å². The molecule has 1 amide bonds. The van der Waals surface area contributed by atoms with Crippen LogP contribution in [0.5, 0.6) is 0 Å². The minimum atomic E-state index is -0.701. The average molecular weight is 759 g/mol. The van der Waals surface area contributed by atoms with Crippen molar-refractivity contribution in [3.8, 4) is 0 Å². The number of amides is 1. The van der Waals surface area contributed by atoms with Gasteiger partial charge in [-0.05, 0) is 81.0 Å². The van der Waals surface area contributed by atoms with Crippen LogP contribution < -0.4 is 10.6 Å². The Hall–Kier alpha value is -2.70. The van der Waals surface area contributed by atoms with Crippen molar-refractivity contribution in [2.75, 3.05) is 17.6 Å². The van der Waals surface area contributed by atoms with Gasteiger partial charge in [0.05, 0.1) is 24.6 Å². The van der Waals surface area contributed by atoms with Crippen LogP contribution in [-0.2, 0) is 32.2 Å². The number of carbonyl (C=O) groups excluding carboxylic acids is 3. The maximum absolute atomic E-state index is 13.6. The maximum Gasteiger partial charge on any atom is 0.316 e. The molecule has 3 saturated carbocycles. The molecule has 0 radical (unpaired) electrons. The summed E-state index contributed by atoms with van der Waals surface area (Å²) in [6, 6.07) is 7.83.